The molecule has 1 aliphatic rings. The number of aromatic amines is 1. The maximum Gasteiger partial charge on any atom is 0.414 e. The molecular weight excluding hydrogens is 399 g/mol. The zero-order valence-corrected chi connectivity index (χ0v) is 16.3. The molecule has 0 saturated heterocycles. The monoisotopic (exact) mass is 419 g/mol. The Bertz CT molecular complexity index is 1090. The molecule has 1 unspecified atom stereocenters. The second-order valence-electron chi connectivity index (χ2n) is 6.98. The highest BCUT2D eigenvalue weighted by molar-refractivity contribution is 5.91. The summed E-state index contributed by atoms with van der Waals surface area (Å²) in [6.45, 7) is -0.0723. The smallest absolute Gasteiger partial charge is 0.414 e. The molecule has 2 N–H and O–H groups in total. The molecule has 0 aliphatic carbocycles. The van der Waals surface area contributed by atoms with Gasteiger partial charge >= 0.3 is 12.2 Å². The number of carbonyl (C=O) groups is 1. The van der Waals surface area contributed by atoms with Crippen molar-refractivity contribution < 1.29 is 27.4 Å². The van der Waals surface area contributed by atoms with E-state index >= 15 is 0 Å². The van der Waals surface area contributed by atoms with Crippen molar-refractivity contribution in [3.05, 3.63) is 53.7 Å². The first-order chi connectivity index (χ1) is 14.3. The van der Waals surface area contributed by atoms with E-state index in [0.29, 0.717) is 40.1 Å². The number of hydrogen-bond donors (Lipinski definition) is 2. The van der Waals surface area contributed by atoms with Gasteiger partial charge in [0, 0.05) is 29.2 Å². The zero-order chi connectivity index (χ0) is 21.5. The van der Waals surface area contributed by atoms with Crippen molar-refractivity contribution in [2.75, 3.05) is 26.1 Å². The van der Waals surface area contributed by atoms with Gasteiger partial charge in [0.15, 0.2) is 6.04 Å². The Hall–Kier alpha value is -3.36. The molecule has 0 saturated carbocycles. The fourth-order valence-corrected chi connectivity index (χ4v) is 3.85. The summed E-state index contributed by atoms with van der Waals surface area (Å²) in [7, 11) is 2.97. The fourth-order valence-electron chi connectivity index (χ4n) is 3.85. The van der Waals surface area contributed by atoms with Gasteiger partial charge in [-0.15, -0.1) is 0 Å². The Morgan fingerprint density at radius 2 is 1.87 bits per heavy atom. The van der Waals surface area contributed by atoms with Gasteiger partial charge in [-0.25, -0.2) is 4.79 Å². The summed E-state index contributed by atoms with van der Waals surface area (Å²) in [5.74, 6) is 1.05. The Morgan fingerprint density at radius 1 is 1.13 bits per heavy atom. The van der Waals surface area contributed by atoms with Crippen molar-refractivity contribution in [3.8, 4) is 11.5 Å². The summed E-state index contributed by atoms with van der Waals surface area (Å²) < 4.78 is 52.5. The van der Waals surface area contributed by atoms with Gasteiger partial charge in [-0.2, -0.15) is 13.2 Å². The Labute approximate surface area is 170 Å². The van der Waals surface area contributed by atoms with Gasteiger partial charge in [0.05, 0.1) is 19.9 Å². The van der Waals surface area contributed by atoms with Gasteiger partial charge < -0.3 is 24.7 Å². The van der Waals surface area contributed by atoms with Crippen molar-refractivity contribution in [2.24, 2.45) is 0 Å². The molecule has 30 heavy (non-hydrogen) atoms. The number of benzene rings is 2. The summed E-state index contributed by atoms with van der Waals surface area (Å²) in [6.07, 6.45) is -4.35. The van der Waals surface area contributed by atoms with Gasteiger partial charge in [-0.05, 0) is 42.3 Å². The number of halogens is 3. The molecule has 2 aromatic carbocycles. The molecule has 2 heterocycles. The molecule has 0 spiro atoms. The van der Waals surface area contributed by atoms with E-state index in [2.05, 4.69) is 10.3 Å². The minimum absolute atomic E-state index is 0.0159. The molecule has 2 amide bonds. The van der Waals surface area contributed by atoms with Crippen LogP contribution in [0.2, 0.25) is 0 Å². The van der Waals surface area contributed by atoms with Crippen LogP contribution < -0.4 is 14.8 Å². The molecule has 1 aliphatic heterocycles. The van der Waals surface area contributed by atoms with Crippen LogP contribution in [0.25, 0.3) is 10.9 Å². The standard InChI is InChI=1S/C21H20F3N3O3/c1-29-13-5-3-4-12(10-13)25-20(28)27-9-8-15-16-11-14(30-2)6-7-17(16)26-18(15)19(27)21(22,23)24/h3-7,10-11,19,26H,8-9H2,1-2H3,(H,25,28). The molecular formula is C21H20F3N3O3. The highest BCUT2D eigenvalue weighted by Crippen LogP contribution is 2.44. The number of amides is 2. The summed E-state index contributed by atoms with van der Waals surface area (Å²) in [6, 6.07) is 8.64. The Balaban J connectivity index is 1.71. The van der Waals surface area contributed by atoms with Crippen LogP contribution in [-0.2, 0) is 6.42 Å². The van der Waals surface area contributed by atoms with Crippen LogP contribution in [0, 0.1) is 0 Å². The number of nitrogens with zero attached hydrogens (tertiary/aromatic N) is 1. The number of H-pyrrole nitrogens is 1. The van der Waals surface area contributed by atoms with E-state index in [0.717, 1.165) is 4.90 Å². The molecule has 9 heteroatoms. The lowest BCUT2D eigenvalue weighted by molar-refractivity contribution is -0.180. The van der Waals surface area contributed by atoms with Crippen LogP contribution in [0.1, 0.15) is 17.3 Å². The lowest BCUT2D eigenvalue weighted by Crippen LogP contribution is -2.48. The third-order valence-electron chi connectivity index (χ3n) is 5.23. The first kappa shape index (κ1) is 19.9. The number of carbonyl (C=O) groups excluding carboxylic acids is 1. The number of rotatable bonds is 3. The average Bonchev–Trinajstić information content (AvgIpc) is 3.09. The van der Waals surface area contributed by atoms with Crippen LogP contribution in [0.5, 0.6) is 11.5 Å². The van der Waals surface area contributed by atoms with Gasteiger partial charge in [0.1, 0.15) is 11.5 Å². The van der Waals surface area contributed by atoms with E-state index in [1.807, 2.05) is 0 Å². The minimum Gasteiger partial charge on any atom is -0.497 e. The van der Waals surface area contributed by atoms with Crippen molar-refractivity contribution in [2.45, 2.75) is 18.6 Å². The predicted octanol–water partition coefficient (Wildman–Crippen LogP) is 4.88. The summed E-state index contributed by atoms with van der Waals surface area (Å²) >= 11 is 0. The van der Waals surface area contributed by atoms with Gasteiger partial charge in [-0.1, -0.05) is 6.07 Å². The second kappa shape index (κ2) is 7.47. The highest BCUT2D eigenvalue weighted by atomic mass is 19.4. The lowest BCUT2D eigenvalue weighted by atomic mass is 9.97. The molecule has 3 aromatic rings. The van der Waals surface area contributed by atoms with Crippen molar-refractivity contribution in [3.63, 3.8) is 0 Å². The highest BCUT2D eigenvalue weighted by Gasteiger charge is 2.50. The number of aromatic nitrogens is 1. The van der Waals surface area contributed by atoms with Gasteiger partial charge in [-0.3, -0.25) is 0 Å². The summed E-state index contributed by atoms with van der Waals surface area (Å²) in [4.78, 5) is 16.5. The van der Waals surface area contributed by atoms with E-state index in [-0.39, 0.29) is 12.2 Å². The SMILES string of the molecule is COc1cccc(NC(=O)N2CCc3c([nH]c4ccc(OC)cc34)C2C(F)(F)F)c1. The molecule has 1 atom stereocenters. The number of anilines is 1. The number of urea groups is 1. The normalized spacial score (nSPS) is 16.3. The number of nitrogens with one attached hydrogen (secondary N) is 2. The predicted molar refractivity (Wildman–Crippen MR) is 106 cm³/mol. The van der Waals surface area contributed by atoms with E-state index in [1.165, 1.54) is 14.2 Å². The summed E-state index contributed by atoms with van der Waals surface area (Å²) in [5, 5.41) is 3.22. The van der Waals surface area contributed by atoms with Crippen molar-refractivity contribution >= 4 is 22.6 Å². The third-order valence-corrected chi connectivity index (χ3v) is 5.23. The lowest BCUT2D eigenvalue weighted by Gasteiger charge is -2.36. The minimum atomic E-state index is -4.65. The van der Waals surface area contributed by atoms with E-state index < -0.39 is 18.2 Å². The first-order valence-corrected chi connectivity index (χ1v) is 9.28. The number of hydrogen-bond acceptors (Lipinski definition) is 3. The Morgan fingerprint density at radius 3 is 2.57 bits per heavy atom. The van der Waals surface area contributed by atoms with E-state index in [1.54, 1.807) is 42.5 Å². The number of ether oxygens (including phenoxy) is 2. The van der Waals surface area contributed by atoms with Crippen molar-refractivity contribution in [1.82, 2.24) is 9.88 Å². The summed E-state index contributed by atoms with van der Waals surface area (Å²) in [5.41, 5.74) is 1.46. The van der Waals surface area contributed by atoms with Crippen LogP contribution in [-0.4, -0.2) is 42.9 Å². The topological polar surface area (TPSA) is 66.6 Å². The van der Waals surface area contributed by atoms with Gasteiger partial charge in [0.2, 0.25) is 0 Å². The van der Waals surface area contributed by atoms with E-state index in [4.69, 9.17) is 9.47 Å². The zero-order valence-electron chi connectivity index (χ0n) is 16.3. The van der Waals surface area contributed by atoms with E-state index in [9.17, 15) is 18.0 Å². The maximum absolute atomic E-state index is 14.1. The Kier molecular flexibility index (Phi) is 4.97. The molecule has 0 fully saturated rings. The molecule has 158 valence electrons. The van der Waals surface area contributed by atoms with Crippen LogP contribution in [0.3, 0.4) is 0 Å². The molecule has 1 aromatic heterocycles. The second-order valence-corrected chi connectivity index (χ2v) is 6.98. The largest absolute Gasteiger partial charge is 0.497 e. The molecule has 6 nitrogen and oxygen atoms in total. The van der Waals surface area contributed by atoms with Gasteiger partial charge in [0.25, 0.3) is 0 Å². The quantitative estimate of drug-likeness (QED) is 0.636. The van der Waals surface area contributed by atoms with Crippen LogP contribution in [0.4, 0.5) is 23.7 Å². The van der Waals surface area contributed by atoms with Crippen molar-refractivity contribution in [1.29, 1.82) is 0 Å². The fraction of sp³-hybridized carbons (Fsp3) is 0.286. The molecule has 0 radical (unpaired) electrons. The number of methoxy groups -OCH3 is 2. The number of alkyl halides is 3. The maximum atomic E-state index is 14.1. The molecule has 4 rings (SSSR count). The van der Waals surface area contributed by atoms with Crippen LogP contribution >= 0.6 is 0 Å². The molecule has 0 bridgehead atoms. The average molecular weight is 419 g/mol. The first-order valence-electron chi connectivity index (χ1n) is 9.28. The van der Waals surface area contributed by atoms with Crippen LogP contribution in [0.15, 0.2) is 42.5 Å². The third kappa shape index (κ3) is 3.51. The number of fused-ring (bicyclic) bond motifs is 3.